The van der Waals surface area contributed by atoms with Gasteiger partial charge in [-0.1, -0.05) is 0 Å². The number of nitrogens with one attached hydrogen (secondary N) is 1. The first kappa shape index (κ1) is 15.4. The Hall–Kier alpha value is -3.01. The molecule has 0 spiro atoms. The van der Waals surface area contributed by atoms with Crippen LogP contribution in [0, 0.1) is 10.1 Å². The summed E-state index contributed by atoms with van der Waals surface area (Å²) in [7, 11) is 0. The van der Waals surface area contributed by atoms with E-state index in [1.165, 1.54) is 17.5 Å². The Balaban J connectivity index is 2.10. The number of carbonyl (C=O) groups excluding carboxylic acids is 1. The summed E-state index contributed by atoms with van der Waals surface area (Å²) in [6, 6.07) is 3.09. The molecule has 114 valence electrons. The molecule has 0 atom stereocenters. The molecule has 0 aliphatic heterocycles. The second kappa shape index (κ2) is 6.63. The highest BCUT2D eigenvalue weighted by Crippen LogP contribution is 2.28. The number of aromatic nitrogens is 1. The van der Waals surface area contributed by atoms with Crippen molar-refractivity contribution in [3.05, 3.63) is 45.5 Å². The first-order valence-electron chi connectivity index (χ1n) is 5.81. The Bertz CT molecular complexity index is 716. The van der Waals surface area contributed by atoms with Crippen LogP contribution in [0.1, 0.15) is 10.4 Å². The Morgan fingerprint density at radius 1 is 1.45 bits per heavy atom. The van der Waals surface area contributed by atoms with Crippen molar-refractivity contribution in [1.82, 2.24) is 4.98 Å². The number of nitro benzene ring substituents is 1. The van der Waals surface area contributed by atoms with Gasteiger partial charge in [-0.15, -0.1) is 11.3 Å². The summed E-state index contributed by atoms with van der Waals surface area (Å²) in [4.78, 5) is 36.5. The van der Waals surface area contributed by atoms with E-state index >= 15 is 0 Å². The molecule has 1 heterocycles. The van der Waals surface area contributed by atoms with Crippen LogP contribution in [-0.4, -0.2) is 33.5 Å². The first-order valence-corrected chi connectivity index (χ1v) is 6.69. The molecule has 2 aromatic rings. The minimum absolute atomic E-state index is 0.180. The topological polar surface area (TPSA) is 132 Å². The number of aromatic carboxylic acids is 1. The van der Waals surface area contributed by atoms with Crippen molar-refractivity contribution >= 4 is 34.0 Å². The summed E-state index contributed by atoms with van der Waals surface area (Å²) in [5.74, 6) is -2.11. The maximum Gasteiger partial charge on any atom is 0.335 e. The highest BCUT2D eigenvalue weighted by molar-refractivity contribution is 7.13. The lowest BCUT2D eigenvalue weighted by Gasteiger charge is -2.07. The molecule has 0 bridgehead atoms. The van der Waals surface area contributed by atoms with Crippen LogP contribution in [0.5, 0.6) is 5.75 Å². The van der Waals surface area contributed by atoms with E-state index in [4.69, 9.17) is 9.84 Å². The van der Waals surface area contributed by atoms with Crippen LogP contribution in [0.15, 0.2) is 29.8 Å². The highest BCUT2D eigenvalue weighted by atomic mass is 32.1. The molecule has 0 aliphatic carbocycles. The van der Waals surface area contributed by atoms with Crippen LogP contribution in [0.3, 0.4) is 0 Å². The van der Waals surface area contributed by atoms with Gasteiger partial charge in [0, 0.05) is 23.7 Å². The van der Waals surface area contributed by atoms with Gasteiger partial charge in [0.2, 0.25) is 0 Å². The molecule has 0 aliphatic rings. The zero-order valence-electron chi connectivity index (χ0n) is 10.9. The summed E-state index contributed by atoms with van der Waals surface area (Å²) in [5.41, 5.74) is -0.604. The van der Waals surface area contributed by atoms with E-state index in [2.05, 4.69) is 10.3 Å². The second-order valence-electron chi connectivity index (χ2n) is 3.92. The highest BCUT2D eigenvalue weighted by Gasteiger charge is 2.19. The van der Waals surface area contributed by atoms with Crippen molar-refractivity contribution in [2.24, 2.45) is 0 Å². The maximum absolute atomic E-state index is 11.6. The van der Waals surface area contributed by atoms with Crippen LogP contribution in [0.2, 0.25) is 0 Å². The van der Waals surface area contributed by atoms with Gasteiger partial charge >= 0.3 is 11.7 Å². The summed E-state index contributed by atoms with van der Waals surface area (Å²) in [6.07, 6.45) is 1.50. The molecule has 1 aromatic carbocycles. The maximum atomic E-state index is 11.6. The molecule has 0 fully saturated rings. The molecule has 1 aromatic heterocycles. The normalized spacial score (nSPS) is 10.0. The fourth-order valence-electron chi connectivity index (χ4n) is 1.50. The number of benzene rings is 1. The number of thiazole rings is 1. The Kier molecular flexibility index (Phi) is 4.63. The van der Waals surface area contributed by atoms with Crippen LogP contribution in [-0.2, 0) is 4.79 Å². The fraction of sp³-hybridized carbons (Fsp3) is 0.0833. The van der Waals surface area contributed by atoms with Gasteiger partial charge in [0.1, 0.15) is 0 Å². The lowest BCUT2D eigenvalue weighted by Crippen LogP contribution is -2.20. The number of carboxylic acid groups (broad SMARTS) is 1. The summed E-state index contributed by atoms with van der Waals surface area (Å²) in [5, 5.41) is 24.2. The number of carboxylic acids is 1. The zero-order chi connectivity index (χ0) is 16.1. The molecular formula is C12H9N3O6S. The number of carbonyl (C=O) groups is 2. The molecule has 0 radical (unpaired) electrons. The first-order chi connectivity index (χ1) is 10.5. The smallest absolute Gasteiger partial charge is 0.335 e. The number of ether oxygens (including phenoxy) is 1. The zero-order valence-corrected chi connectivity index (χ0v) is 11.7. The molecule has 0 unspecified atom stereocenters. The number of rotatable bonds is 6. The van der Waals surface area contributed by atoms with Crippen molar-refractivity contribution < 1.29 is 24.4 Å². The molecule has 2 rings (SSSR count). The predicted octanol–water partition coefficient (Wildman–Crippen LogP) is 1.77. The Labute approximate surface area is 127 Å². The fourth-order valence-corrected chi connectivity index (χ4v) is 2.04. The Morgan fingerprint density at radius 3 is 2.82 bits per heavy atom. The standard InChI is InChI=1S/C12H9N3O6S/c16-10(14-12-13-3-4-22-12)6-21-9-5-7(11(17)18)1-2-8(9)15(19)20/h1-5H,6H2,(H,17,18)(H,13,14,16). The van der Waals surface area contributed by atoms with E-state index in [-0.39, 0.29) is 11.3 Å². The molecule has 22 heavy (non-hydrogen) atoms. The third-order valence-corrected chi connectivity index (χ3v) is 3.13. The van der Waals surface area contributed by atoms with Crippen LogP contribution in [0.25, 0.3) is 0 Å². The van der Waals surface area contributed by atoms with E-state index in [0.717, 1.165) is 18.2 Å². The number of hydrogen-bond donors (Lipinski definition) is 2. The molecule has 9 nitrogen and oxygen atoms in total. The van der Waals surface area contributed by atoms with Gasteiger partial charge in [-0.2, -0.15) is 0 Å². The summed E-state index contributed by atoms with van der Waals surface area (Å²) >= 11 is 1.20. The van der Waals surface area contributed by atoms with Gasteiger partial charge in [-0.05, 0) is 6.07 Å². The van der Waals surface area contributed by atoms with Crippen LogP contribution in [0.4, 0.5) is 10.8 Å². The number of nitro groups is 1. The summed E-state index contributed by atoms with van der Waals surface area (Å²) in [6.45, 7) is -0.510. The quantitative estimate of drug-likeness (QED) is 0.611. The lowest BCUT2D eigenvalue weighted by molar-refractivity contribution is -0.385. The third kappa shape index (κ3) is 3.76. The predicted molar refractivity (Wildman–Crippen MR) is 76.3 cm³/mol. The van der Waals surface area contributed by atoms with Gasteiger partial charge in [0.05, 0.1) is 10.5 Å². The molecule has 0 saturated heterocycles. The molecular weight excluding hydrogens is 314 g/mol. The van der Waals surface area contributed by atoms with Gasteiger partial charge in [0.15, 0.2) is 17.5 Å². The van der Waals surface area contributed by atoms with E-state index in [1.54, 1.807) is 5.38 Å². The van der Waals surface area contributed by atoms with Gasteiger partial charge in [-0.25, -0.2) is 9.78 Å². The Morgan fingerprint density at radius 2 is 2.23 bits per heavy atom. The molecule has 10 heteroatoms. The van der Waals surface area contributed by atoms with E-state index in [0.29, 0.717) is 5.13 Å². The monoisotopic (exact) mass is 323 g/mol. The third-order valence-electron chi connectivity index (χ3n) is 2.44. The lowest BCUT2D eigenvalue weighted by atomic mass is 10.2. The second-order valence-corrected chi connectivity index (χ2v) is 4.81. The van der Waals surface area contributed by atoms with Crippen LogP contribution >= 0.6 is 11.3 Å². The van der Waals surface area contributed by atoms with E-state index < -0.39 is 29.1 Å². The average molecular weight is 323 g/mol. The number of hydrogen-bond acceptors (Lipinski definition) is 7. The average Bonchev–Trinajstić information content (AvgIpc) is 2.97. The minimum atomic E-state index is -1.26. The largest absolute Gasteiger partial charge is 0.478 e. The van der Waals surface area contributed by atoms with Crippen molar-refractivity contribution in [3.63, 3.8) is 0 Å². The van der Waals surface area contributed by atoms with Crippen molar-refractivity contribution in [2.75, 3.05) is 11.9 Å². The van der Waals surface area contributed by atoms with Crippen molar-refractivity contribution in [1.29, 1.82) is 0 Å². The molecule has 1 amide bonds. The van der Waals surface area contributed by atoms with E-state index in [9.17, 15) is 19.7 Å². The van der Waals surface area contributed by atoms with Gasteiger partial charge in [-0.3, -0.25) is 20.2 Å². The van der Waals surface area contributed by atoms with Gasteiger partial charge in [0.25, 0.3) is 5.91 Å². The van der Waals surface area contributed by atoms with E-state index in [1.807, 2.05) is 0 Å². The van der Waals surface area contributed by atoms with Gasteiger partial charge < -0.3 is 9.84 Å². The van der Waals surface area contributed by atoms with Crippen molar-refractivity contribution in [3.8, 4) is 5.75 Å². The summed E-state index contributed by atoms with van der Waals surface area (Å²) < 4.78 is 5.06. The number of amides is 1. The minimum Gasteiger partial charge on any atom is -0.478 e. The number of nitrogens with zero attached hydrogens (tertiary/aromatic N) is 2. The van der Waals surface area contributed by atoms with Crippen molar-refractivity contribution in [2.45, 2.75) is 0 Å². The molecule has 2 N–H and O–H groups in total. The number of anilines is 1. The SMILES string of the molecule is O=C(COc1cc(C(=O)O)ccc1[N+](=O)[O-])Nc1nccs1. The molecule has 0 saturated carbocycles. The van der Waals surface area contributed by atoms with Crippen LogP contribution < -0.4 is 10.1 Å².